The smallest absolute Gasteiger partial charge is 0.299 e. The predicted molar refractivity (Wildman–Crippen MR) is 93.9 cm³/mol. The van der Waals surface area contributed by atoms with E-state index in [-0.39, 0.29) is 5.69 Å². The molecule has 0 bridgehead atoms. The van der Waals surface area contributed by atoms with E-state index >= 15 is 0 Å². The van der Waals surface area contributed by atoms with Gasteiger partial charge in [0.25, 0.3) is 16.1 Å². The molecule has 0 unspecified atom stereocenters. The van der Waals surface area contributed by atoms with Crippen LogP contribution in [0.1, 0.15) is 32.4 Å². The third-order valence-electron chi connectivity index (χ3n) is 3.23. The first-order chi connectivity index (χ1) is 11.3. The molecule has 0 spiro atoms. The van der Waals surface area contributed by atoms with Crippen LogP contribution in [0.5, 0.6) is 0 Å². The van der Waals surface area contributed by atoms with Crippen molar-refractivity contribution in [3.8, 4) is 0 Å². The van der Waals surface area contributed by atoms with Gasteiger partial charge in [-0.2, -0.15) is 8.42 Å². The number of hydrogen-bond donors (Lipinski definition) is 3. The second-order valence-corrected chi connectivity index (χ2v) is 7.84. The molecule has 24 heavy (non-hydrogen) atoms. The molecule has 9 heteroatoms. The molecule has 0 fully saturated rings. The van der Waals surface area contributed by atoms with E-state index in [4.69, 9.17) is 5.14 Å². The summed E-state index contributed by atoms with van der Waals surface area (Å²) in [5.41, 5.74) is 1.39. The number of benzene rings is 1. The second-order valence-electron chi connectivity index (χ2n) is 5.25. The van der Waals surface area contributed by atoms with Gasteiger partial charge in [-0.3, -0.25) is 4.79 Å². The monoisotopic (exact) mass is 368 g/mol. The lowest BCUT2D eigenvalue weighted by Crippen LogP contribution is -2.36. The van der Waals surface area contributed by atoms with Crippen molar-refractivity contribution in [1.82, 2.24) is 15.0 Å². The third-order valence-corrected chi connectivity index (χ3v) is 4.67. The van der Waals surface area contributed by atoms with Crippen LogP contribution in [0.4, 0.5) is 0 Å². The molecular weight excluding hydrogens is 348 g/mol. The van der Waals surface area contributed by atoms with Gasteiger partial charge in [0, 0.05) is 11.4 Å². The normalized spacial score (nSPS) is 11.4. The van der Waals surface area contributed by atoms with Crippen LogP contribution in [0.15, 0.2) is 30.3 Å². The molecule has 0 aliphatic heterocycles. The number of amides is 1. The van der Waals surface area contributed by atoms with Crippen molar-refractivity contribution in [3.63, 3.8) is 0 Å². The summed E-state index contributed by atoms with van der Waals surface area (Å²) in [6.07, 6.45) is 1.99. The maximum absolute atomic E-state index is 11.8. The predicted octanol–water partition coefficient (Wildman–Crippen LogP) is 1.11. The van der Waals surface area contributed by atoms with Crippen LogP contribution in [0, 0.1) is 6.92 Å². The Kier molecular flexibility index (Phi) is 6.44. The van der Waals surface area contributed by atoms with Crippen molar-refractivity contribution >= 4 is 27.5 Å². The molecule has 130 valence electrons. The lowest BCUT2D eigenvalue weighted by atomic mass is 10.1. The van der Waals surface area contributed by atoms with Gasteiger partial charge in [0.05, 0.1) is 0 Å². The second kappa shape index (κ2) is 8.34. The van der Waals surface area contributed by atoms with Gasteiger partial charge >= 0.3 is 0 Å². The molecule has 0 radical (unpaired) electrons. The molecule has 1 heterocycles. The summed E-state index contributed by atoms with van der Waals surface area (Å²) in [7, 11) is -4.08. The standard InChI is InChI=1S/C15H20N4O3S2/c1-11-14(15(20)19-24(16,21)22)18-13(23-11)10-17-9-5-8-12-6-3-2-4-7-12/h2-4,6-7,17H,5,8-10H2,1H3,(H,19,20)(H2,16,21,22). The SMILES string of the molecule is Cc1sc(CNCCCc2ccccc2)nc1C(=O)NS(N)(=O)=O. The van der Waals surface area contributed by atoms with Gasteiger partial charge in [-0.05, 0) is 31.9 Å². The van der Waals surface area contributed by atoms with Crippen molar-refractivity contribution in [2.24, 2.45) is 5.14 Å². The molecule has 0 saturated carbocycles. The van der Waals surface area contributed by atoms with Crippen LogP contribution < -0.4 is 15.2 Å². The van der Waals surface area contributed by atoms with Gasteiger partial charge in [0.2, 0.25) is 0 Å². The molecule has 1 aromatic carbocycles. The van der Waals surface area contributed by atoms with Crippen LogP contribution >= 0.6 is 11.3 Å². The number of aryl methyl sites for hydroxylation is 2. The highest BCUT2D eigenvalue weighted by molar-refractivity contribution is 7.87. The van der Waals surface area contributed by atoms with Crippen LogP contribution in [0.25, 0.3) is 0 Å². The van der Waals surface area contributed by atoms with Gasteiger partial charge < -0.3 is 5.32 Å². The molecule has 4 N–H and O–H groups in total. The van der Waals surface area contributed by atoms with E-state index in [1.807, 2.05) is 18.2 Å². The number of carbonyl (C=O) groups excluding carboxylic acids is 1. The molecule has 2 aromatic rings. The summed E-state index contributed by atoms with van der Waals surface area (Å²) in [5, 5.41) is 8.80. The number of carbonyl (C=O) groups is 1. The molecule has 0 aliphatic rings. The summed E-state index contributed by atoms with van der Waals surface area (Å²) in [5.74, 6) is -0.804. The van der Waals surface area contributed by atoms with E-state index in [1.54, 1.807) is 11.6 Å². The zero-order chi connectivity index (χ0) is 17.6. The molecule has 1 amide bonds. The Hall–Kier alpha value is -1.81. The maximum Gasteiger partial charge on any atom is 0.299 e. The van der Waals surface area contributed by atoms with E-state index < -0.39 is 16.1 Å². The summed E-state index contributed by atoms with van der Waals surface area (Å²) in [6, 6.07) is 10.2. The van der Waals surface area contributed by atoms with Crippen molar-refractivity contribution in [1.29, 1.82) is 0 Å². The van der Waals surface area contributed by atoms with Gasteiger partial charge in [-0.25, -0.2) is 14.8 Å². The first-order valence-corrected chi connectivity index (χ1v) is 9.77. The topological polar surface area (TPSA) is 114 Å². The summed E-state index contributed by atoms with van der Waals surface area (Å²) in [6.45, 7) is 3.07. The number of thiazole rings is 1. The largest absolute Gasteiger partial charge is 0.310 e. The number of nitrogens with zero attached hydrogens (tertiary/aromatic N) is 1. The van der Waals surface area contributed by atoms with E-state index in [0.29, 0.717) is 11.4 Å². The molecule has 7 nitrogen and oxygen atoms in total. The summed E-state index contributed by atoms with van der Waals surface area (Å²) < 4.78 is 23.5. The van der Waals surface area contributed by atoms with E-state index in [1.165, 1.54) is 16.9 Å². The minimum Gasteiger partial charge on any atom is -0.310 e. The van der Waals surface area contributed by atoms with E-state index in [9.17, 15) is 13.2 Å². The average molecular weight is 368 g/mol. The molecular formula is C15H20N4O3S2. The van der Waals surface area contributed by atoms with Crippen LogP contribution in [-0.2, 0) is 23.2 Å². The fourth-order valence-electron chi connectivity index (χ4n) is 2.17. The van der Waals surface area contributed by atoms with Gasteiger partial charge in [-0.15, -0.1) is 11.3 Å². The van der Waals surface area contributed by atoms with E-state index in [0.717, 1.165) is 24.4 Å². The highest BCUT2D eigenvalue weighted by Crippen LogP contribution is 2.17. The fraction of sp³-hybridized carbons (Fsp3) is 0.333. The molecule has 0 atom stereocenters. The summed E-state index contributed by atoms with van der Waals surface area (Å²) in [4.78, 5) is 16.6. The quantitative estimate of drug-likeness (QED) is 0.604. The summed E-state index contributed by atoms with van der Waals surface area (Å²) >= 11 is 1.35. The Morgan fingerprint density at radius 2 is 2.00 bits per heavy atom. The minimum absolute atomic E-state index is 0.0927. The lowest BCUT2D eigenvalue weighted by Gasteiger charge is -2.03. The molecule has 0 saturated heterocycles. The first kappa shape index (κ1) is 18.5. The van der Waals surface area contributed by atoms with Crippen molar-refractivity contribution in [2.75, 3.05) is 6.54 Å². The third kappa shape index (κ3) is 6.00. The Balaban J connectivity index is 1.79. The number of nitrogens with one attached hydrogen (secondary N) is 2. The Bertz CT molecular complexity index is 788. The first-order valence-electron chi connectivity index (χ1n) is 7.41. The Labute approximate surface area is 145 Å². The molecule has 0 aliphatic carbocycles. The van der Waals surface area contributed by atoms with Crippen molar-refractivity contribution in [3.05, 3.63) is 51.5 Å². The molecule has 1 aromatic heterocycles. The van der Waals surface area contributed by atoms with Crippen LogP contribution in [0.3, 0.4) is 0 Å². The number of aromatic nitrogens is 1. The lowest BCUT2D eigenvalue weighted by molar-refractivity contribution is 0.0976. The zero-order valence-electron chi connectivity index (χ0n) is 13.3. The Morgan fingerprint density at radius 1 is 1.29 bits per heavy atom. The number of hydrogen-bond acceptors (Lipinski definition) is 6. The highest BCUT2D eigenvalue weighted by Gasteiger charge is 2.18. The number of rotatable bonds is 8. The van der Waals surface area contributed by atoms with Gasteiger partial charge in [0.1, 0.15) is 10.7 Å². The van der Waals surface area contributed by atoms with Crippen molar-refractivity contribution < 1.29 is 13.2 Å². The Morgan fingerprint density at radius 3 is 2.67 bits per heavy atom. The van der Waals surface area contributed by atoms with Gasteiger partial charge in [0.15, 0.2) is 0 Å². The van der Waals surface area contributed by atoms with Crippen molar-refractivity contribution in [2.45, 2.75) is 26.3 Å². The van der Waals surface area contributed by atoms with Crippen LogP contribution in [-0.4, -0.2) is 25.9 Å². The fourth-order valence-corrected chi connectivity index (χ4v) is 3.43. The maximum atomic E-state index is 11.8. The average Bonchev–Trinajstić information content (AvgIpc) is 2.87. The van der Waals surface area contributed by atoms with Crippen LogP contribution in [0.2, 0.25) is 0 Å². The van der Waals surface area contributed by atoms with E-state index in [2.05, 4.69) is 22.4 Å². The minimum atomic E-state index is -4.08. The molecule has 2 rings (SSSR count). The highest BCUT2D eigenvalue weighted by atomic mass is 32.2. The number of nitrogens with two attached hydrogens (primary N) is 1. The zero-order valence-corrected chi connectivity index (χ0v) is 14.9. The van der Waals surface area contributed by atoms with Gasteiger partial charge in [-0.1, -0.05) is 30.3 Å².